The van der Waals surface area contributed by atoms with E-state index < -0.39 is 11.7 Å². The zero-order chi connectivity index (χ0) is 18.4. The molecule has 6 nitrogen and oxygen atoms in total. The number of nitrogens with one attached hydrogen (secondary N) is 1. The Morgan fingerprint density at radius 3 is 2.54 bits per heavy atom. The molecule has 0 spiro atoms. The molecular formula is C19H15FN2O4. The second-order valence-electron chi connectivity index (χ2n) is 5.24. The summed E-state index contributed by atoms with van der Waals surface area (Å²) in [4.78, 5) is 15.9. The van der Waals surface area contributed by atoms with Gasteiger partial charge in [-0.05, 0) is 42.5 Å². The van der Waals surface area contributed by atoms with E-state index in [0.29, 0.717) is 17.4 Å². The molecule has 0 fully saturated rings. The van der Waals surface area contributed by atoms with Gasteiger partial charge in [-0.15, -0.1) is 0 Å². The van der Waals surface area contributed by atoms with Gasteiger partial charge in [0.15, 0.2) is 6.61 Å². The normalized spacial score (nSPS) is 10.2. The van der Waals surface area contributed by atoms with Crippen LogP contribution in [0, 0.1) is 5.82 Å². The summed E-state index contributed by atoms with van der Waals surface area (Å²) in [6.07, 6.45) is 1.63. The maximum Gasteiger partial charge on any atom is 0.262 e. The van der Waals surface area contributed by atoms with Crippen molar-refractivity contribution in [1.82, 2.24) is 4.98 Å². The van der Waals surface area contributed by atoms with Crippen LogP contribution in [0.5, 0.6) is 23.1 Å². The number of phenols is 1. The monoisotopic (exact) mass is 354 g/mol. The van der Waals surface area contributed by atoms with E-state index in [2.05, 4.69) is 10.3 Å². The van der Waals surface area contributed by atoms with Crippen molar-refractivity contribution in [3.8, 4) is 23.1 Å². The molecule has 0 aliphatic rings. The predicted molar refractivity (Wildman–Crippen MR) is 92.9 cm³/mol. The lowest BCUT2D eigenvalue weighted by Gasteiger charge is -2.09. The van der Waals surface area contributed by atoms with Crippen LogP contribution in [0.15, 0.2) is 66.9 Å². The van der Waals surface area contributed by atoms with Crippen molar-refractivity contribution >= 4 is 11.6 Å². The minimum absolute atomic E-state index is 0.0319. The van der Waals surface area contributed by atoms with Gasteiger partial charge in [-0.3, -0.25) is 4.79 Å². The molecule has 26 heavy (non-hydrogen) atoms. The van der Waals surface area contributed by atoms with Crippen LogP contribution in [0.25, 0.3) is 0 Å². The van der Waals surface area contributed by atoms with Crippen molar-refractivity contribution in [2.24, 2.45) is 0 Å². The number of rotatable bonds is 6. The number of amides is 1. The second-order valence-corrected chi connectivity index (χ2v) is 5.24. The maximum atomic E-state index is 13.6. The molecule has 0 aliphatic carbocycles. The molecule has 0 aliphatic heterocycles. The molecule has 0 atom stereocenters. The van der Waals surface area contributed by atoms with E-state index in [1.165, 1.54) is 12.1 Å². The number of halogens is 1. The molecule has 3 rings (SSSR count). The summed E-state index contributed by atoms with van der Waals surface area (Å²) >= 11 is 0. The third-order valence-corrected chi connectivity index (χ3v) is 3.28. The van der Waals surface area contributed by atoms with Crippen LogP contribution in [0.2, 0.25) is 0 Å². The number of pyridine rings is 1. The molecule has 132 valence electrons. The summed E-state index contributed by atoms with van der Waals surface area (Å²) in [5.74, 6) is 0.0328. The van der Waals surface area contributed by atoms with Crippen LogP contribution in [-0.2, 0) is 4.79 Å². The van der Waals surface area contributed by atoms with Crippen LogP contribution < -0.4 is 14.8 Å². The molecule has 1 aromatic heterocycles. The zero-order valence-corrected chi connectivity index (χ0v) is 13.6. The Morgan fingerprint density at radius 1 is 1.08 bits per heavy atom. The highest BCUT2D eigenvalue weighted by molar-refractivity contribution is 5.92. The predicted octanol–water partition coefficient (Wildman–Crippen LogP) is 3.74. The number of anilines is 1. The average molecular weight is 354 g/mol. The molecule has 0 saturated carbocycles. The number of nitrogens with zero attached hydrogens (tertiary/aromatic N) is 1. The zero-order valence-electron chi connectivity index (χ0n) is 13.6. The van der Waals surface area contributed by atoms with Crippen LogP contribution in [0.4, 0.5) is 10.1 Å². The number of aromatic hydroxyl groups is 1. The number of phenolic OH excluding ortho intramolecular Hbond substituents is 1. The Morgan fingerprint density at radius 2 is 1.85 bits per heavy atom. The highest BCUT2D eigenvalue weighted by Gasteiger charge is 2.09. The number of ether oxygens (including phenoxy) is 2. The van der Waals surface area contributed by atoms with Gasteiger partial charge >= 0.3 is 0 Å². The van der Waals surface area contributed by atoms with Crippen LogP contribution in [-0.4, -0.2) is 22.6 Å². The van der Waals surface area contributed by atoms with Crippen LogP contribution in [0.1, 0.15) is 0 Å². The standard InChI is InChI=1S/C19H15FN2O4/c20-16-11-13(23)4-9-17(16)22-18(24)12-25-14-5-7-15(8-6-14)26-19-3-1-2-10-21-19/h1-11,23H,12H2,(H,22,24). The van der Waals surface area contributed by atoms with Crippen molar-refractivity contribution in [1.29, 1.82) is 0 Å². The molecule has 7 heteroatoms. The Bertz CT molecular complexity index is 886. The first-order valence-electron chi connectivity index (χ1n) is 7.70. The first-order valence-corrected chi connectivity index (χ1v) is 7.70. The molecule has 0 radical (unpaired) electrons. The molecule has 0 saturated heterocycles. The molecular weight excluding hydrogens is 339 g/mol. The fraction of sp³-hybridized carbons (Fsp3) is 0.0526. The topological polar surface area (TPSA) is 80.7 Å². The third-order valence-electron chi connectivity index (χ3n) is 3.28. The van der Waals surface area contributed by atoms with Gasteiger partial charge in [-0.1, -0.05) is 6.07 Å². The van der Waals surface area contributed by atoms with Crippen molar-refractivity contribution < 1.29 is 23.8 Å². The van der Waals surface area contributed by atoms with E-state index >= 15 is 0 Å². The van der Waals surface area contributed by atoms with Crippen molar-refractivity contribution in [2.45, 2.75) is 0 Å². The summed E-state index contributed by atoms with van der Waals surface area (Å²) in [6.45, 7) is -0.291. The number of carbonyl (C=O) groups excluding carboxylic acids is 1. The highest BCUT2D eigenvalue weighted by atomic mass is 19.1. The molecule has 3 aromatic rings. The fourth-order valence-corrected chi connectivity index (χ4v) is 2.07. The Labute approximate surface area is 148 Å². The number of benzene rings is 2. The molecule has 0 unspecified atom stereocenters. The number of hydrogen-bond acceptors (Lipinski definition) is 5. The minimum Gasteiger partial charge on any atom is -0.508 e. The first-order chi connectivity index (χ1) is 12.6. The average Bonchev–Trinajstić information content (AvgIpc) is 2.64. The van der Waals surface area contributed by atoms with Crippen molar-refractivity contribution in [3.05, 3.63) is 72.7 Å². The lowest BCUT2D eigenvalue weighted by atomic mass is 10.3. The van der Waals surface area contributed by atoms with Gasteiger partial charge in [0, 0.05) is 18.3 Å². The maximum absolute atomic E-state index is 13.6. The summed E-state index contributed by atoms with van der Waals surface area (Å²) in [6, 6.07) is 15.5. The number of carbonyl (C=O) groups is 1. The third kappa shape index (κ3) is 4.70. The van der Waals surface area contributed by atoms with E-state index in [9.17, 15) is 9.18 Å². The highest BCUT2D eigenvalue weighted by Crippen LogP contribution is 2.22. The second kappa shape index (κ2) is 7.98. The van der Waals surface area contributed by atoms with Gasteiger partial charge < -0.3 is 19.9 Å². The summed E-state index contributed by atoms with van der Waals surface area (Å²) in [5, 5.41) is 11.5. The first kappa shape index (κ1) is 17.2. The van der Waals surface area contributed by atoms with E-state index in [4.69, 9.17) is 14.6 Å². The van der Waals surface area contributed by atoms with E-state index in [-0.39, 0.29) is 18.0 Å². The SMILES string of the molecule is O=C(COc1ccc(Oc2ccccn2)cc1)Nc1ccc(O)cc1F. The minimum atomic E-state index is -0.727. The smallest absolute Gasteiger partial charge is 0.262 e. The van der Waals surface area contributed by atoms with Crippen molar-refractivity contribution in [3.63, 3.8) is 0 Å². The van der Waals surface area contributed by atoms with Crippen molar-refractivity contribution in [2.75, 3.05) is 11.9 Å². The lowest BCUT2D eigenvalue weighted by Crippen LogP contribution is -2.20. The Kier molecular flexibility index (Phi) is 5.28. The van der Waals surface area contributed by atoms with Gasteiger partial charge in [0.2, 0.25) is 5.88 Å². The molecule has 1 heterocycles. The molecule has 2 aromatic carbocycles. The summed E-state index contributed by atoms with van der Waals surface area (Å²) < 4.78 is 24.5. The van der Waals surface area contributed by atoms with Gasteiger partial charge in [0.25, 0.3) is 5.91 Å². The Hall–Kier alpha value is -3.61. The summed E-state index contributed by atoms with van der Waals surface area (Å²) in [7, 11) is 0. The van der Waals surface area contributed by atoms with Gasteiger partial charge in [-0.25, -0.2) is 9.37 Å². The van der Waals surface area contributed by atoms with Gasteiger partial charge in [-0.2, -0.15) is 0 Å². The molecule has 2 N–H and O–H groups in total. The van der Waals surface area contributed by atoms with Crippen LogP contribution >= 0.6 is 0 Å². The quantitative estimate of drug-likeness (QED) is 0.659. The summed E-state index contributed by atoms with van der Waals surface area (Å²) in [5.41, 5.74) is -0.0319. The number of hydrogen-bond donors (Lipinski definition) is 2. The largest absolute Gasteiger partial charge is 0.508 e. The fourth-order valence-electron chi connectivity index (χ4n) is 2.07. The Balaban J connectivity index is 1.52. The van der Waals surface area contributed by atoms with E-state index in [0.717, 1.165) is 6.07 Å². The lowest BCUT2D eigenvalue weighted by molar-refractivity contribution is -0.118. The van der Waals surface area contributed by atoms with E-state index in [1.54, 1.807) is 42.6 Å². The van der Waals surface area contributed by atoms with Crippen LogP contribution in [0.3, 0.4) is 0 Å². The molecule has 1 amide bonds. The van der Waals surface area contributed by atoms with E-state index in [1.807, 2.05) is 6.07 Å². The number of aromatic nitrogens is 1. The molecule has 0 bridgehead atoms. The van der Waals surface area contributed by atoms with Gasteiger partial charge in [0.1, 0.15) is 23.1 Å². The van der Waals surface area contributed by atoms with Gasteiger partial charge in [0.05, 0.1) is 5.69 Å².